The molecule has 0 aromatic carbocycles. The SMILES string of the molecule is CCCCC/C=C\C/C=C\CCCCCCCCCC(=O)OC(COCCC(C(=O)O)[N+](C)(C)C)COC(=O)CCCCCCCCCCC. The van der Waals surface area contributed by atoms with Crippen molar-refractivity contribution in [3.05, 3.63) is 24.3 Å². The van der Waals surface area contributed by atoms with Crippen molar-refractivity contribution in [1.82, 2.24) is 0 Å². The standard InChI is InChI=1S/C42H77NO7/c1-6-8-10-12-14-16-17-18-19-20-21-22-23-25-27-29-31-33-41(45)50-38(36-48-35-34-39(42(46)47)43(3,4)5)37-49-40(44)32-30-28-26-24-15-13-11-9-7-2/h14,16,18-19,38-39H,6-13,15,17,20-37H2,1-5H3/p+1/b16-14-,19-18-. The normalized spacial score (nSPS) is 13.2. The molecule has 0 aliphatic heterocycles. The summed E-state index contributed by atoms with van der Waals surface area (Å²) >= 11 is 0. The number of carboxylic acids is 1. The van der Waals surface area contributed by atoms with Crippen LogP contribution in [0.4, 0.5) is 0 Å². The number of allylic oxidation sites excluding steroid dienone is 4. The van der Waals surface area contributed by atoms with Crippen molar-refractivity contribution in [3.8, 4) is 0 Å². The van der Waals surface area contributed by atoms with Gasteiger partial charge < -0.3 is 23.8 Å². The van der Waals surface area contributed by atoms with Gasteiger partial charge in [0.25, 0.3) is 0 Å². The molecule has 0 saturated heterocycles. The summed E-state index contributed by atoms with van der Waals surface area (Å²) in [6.45, 7) is 4.68. The van der Waals surface area contributed by atoms with E-state index in [1.54, 1.807) is 0 Å². The smallest absolute Gasteiger partial charge is 0.362 e. The molecule has 1 N–H and O–H groups in total. The molecule has 50 heavy (non-hydrogen) atoms. The van der Waals surface area contributed by atoms with Crippen LogP contribution in [0.1, 0.15) is 174 Å². The molecule has 0 aliphatic rings. The zero-order valence-corrected chi connectivity index (χ0v) is 33.1. The quantitative estimate of drug-likeness (QED) is 0.0299. The van der Waals surface area contributed by atoms with Crippen LogP contribution in [-0.4, -0.2) is 80.6 Å². The van der Waals surface area contributed by atoms with Crippen LogP contribution in [-0.2, 0) is 28.6 Å². The van der Waals surface area contributed by atoms with Gasteiger partial charge in [-0.05, 0) is 44.9 Å². The van der Waals surface area contributed by atoms with Gasteiger partial charge in [-0.1, -0.05) is 134 Å². The van der Waals surface area contributed by atoms with E-state index in [1.165, 1.54) is 89.9 Å². The van der Waals surface area contributed by atoms with Crippen molar-refractivity contribution in [1.29, 1.82) is 0 Å². The van der Waals surface area contributed by atoms with E-state index in [-0.39, 0.29) is 36.2 Å². The van der Waals surface area contributed by atoms with Crippen LogP contribution in [0, 0.1) is 0 Å². The molecule has 0 saturated carbocycles. The molecular weight excluding hydrogens is 630 g/mol. The fourth-order valence-corrected chi connectivity index (χ4v) is 5.89. The Bertz CT molecular complexity index is 880. The lowest BCUT2D eigenvalue weighted by molar-refractivity contribution is -0.887. The van der Waals surface area contributed by atoms with Gasteiger partial charge >= 0.3 is 17.9 Å². The molecule has 2 unspecified atom stereocenters. The number of quaternary nitrogens is 1. The van der Waals surface area contributed by atoms with Crippen molar-refractivity contribution in [2.24, 2.45) is 0 Å². The number of esters is 2. The van der Waals surface area contributed by atoms with Crippen LogP contribution in [0.2, 0.25) is 0 Å². The Hall–Kier alpha value is -2.19. The van der Waals surface area contributed by atoms with Gasteiger partial charge in [-0.15, -0.1) is 0 Å². The molecule has 0 rings (SSSR count). The van der Waals surface area contributed by atoms with E-state index >= 15 is 0 Å². The second kappa shape index (κ2) is 33.9. The highest BCUT2D eigenvalue weighted by Crippen LogP contribution is 2.14. The number of carbonyl (C=O) groups is 3. The van der Waals surface area contributed by atoms with E-state index in [1.807, 2.05) is 21.1 Å². The summed E-state index contributed by atoms with van der Waals surface area (Å²) in [7, 11) is 5.52. The number of rotatable bonds is 36. The highest BCUT2D eigenvalue weighted by molar-refractivity contribution is 5.72. The number of carboxylic acid groups (broad SMARTS) is 1. The van der Waals surface area contributed by atoms with Gasteiger partial charge in [0.2, 0.25) is 0 Å². The first kappa shape index (κ1) is 47.8. The van der Waals surface area contributed by atoms with Gasteiger partial charge in [-0.2, -0.15) is 0 Å². The number of aliphatic carboxylic acids is 1. The molecule has 0 bridgehead atoms. The fourth-order valence-electron chi connectivity index (χ4n) is 5.89. The zero-order chi connectivity index (χ0) is 37.1. The number of hydrogen-bond acceptors (Lipinski definition) is 6. The highest BCUT2D eigenvalue weighted by Gasteiger charge is 2.31. The number of hydrogen-bond donors (Lipinski definition) is 1. The van der Waals surface area contributed by atoms with Gasteiger partial charge in [-0.3, -0.25) is 9.59 Å². The Morgan fingerprint density at radius 1 is 0.600 bits per heavy atom. The molecule has 8 heteroatoms. The summed E-state index contributed by atoms with van der Waals surface area (Å²) in [5.74, 6) is -1.48. The van der Waals surface area contributed by atoms with Crippen molar-refractivity contribution < 1.29 is 38.2 Å². The van der Waals surface area contributed by atoms with Crippen LogP contribution in [0.5, 0.6) is 0 Å². The summed E-state index contributed by atoms with van der Waals surface area (Å²) in [4.78, 5) is 36.8. The van der Waals surface area contributed by atoms with Gasteiger partial charge in [0.05, 0.1) is 34.4 Å². The number of unbranched alkanes of at least 4 members (excludes halogenated alkanes) is 18. The third-order valence-electron chi connectivity index (χ3n) is 9.10. The van der Waals surface area contributed by atoms with Crippen LogP contribution in [0.15, 0.2) is 24.3 Å². The number of carbonyl (C=O) groups excluding carboxylic acids is 2. The summed E-state index contributed by atoms with van der Waals surface area (Å²) in [6.07, 6.45) is 35.0. The first-order chi connectivity index (χ1) is 24.1. The lowest BCUT2D eigenvalue weighted by Crippen LogP contribution is -2.50. The molecule has 8 nitrogen and oxygen atoms in total. The third kappa shape index (κ3) is 31.8. The second-order valence-corrected chi connectivity index (χ2v) is 14.9. The van der Waals surface area contributed by atoms with E-state index in [4.69, 9.17) is 14.2 Å². The minimum absolute atomic E-state index is 0.0510. The molecule has 292 valence electrons. The number of ether oxygens (including phenoxy) is 3. The third-order valence-corrected chi connectivity index (χ3v) is 9.10. The lowest BCUT2D eigenvalue weighted by atomic mass is 10.1. The number of nitrogens with zero attached hydrogens (tertiary/aromatic N) is 1. The maximum absolute atomic E-state index is 12.7. The Labute approximate surface area is 307 Å². The van der Waals surface area contributed by atoms with Crippen LogP contribution < -0.4 is 0 Å². The summed E-state index contributed by atoms with van der Waals surface area (Å²) in [6, 6.07) is -0.612. The predicted molar refractivity (Wildman–Crippen MR) is 206 cm³/mol. The summed E-state index contributed by atoms with van der Waals surface area (Å²) in [5, 5.41) is 9.58. The number of likely N-dealkylation sites (N-methyl/N-ethyl adjacent to an activating group) is 1. The van der Waals surface area contributed by atoms with E-state index in [0.717, 1.165) is 51.4 Å². The van der Waals surface area contributed by atoms with Gasteiger partial charge in [-0.25, -0.2) is 4.79 Å². The van der Waals surface area contributed by atoms with Gasteiger partial charge in [0, 0.05) is 19.3 Å². The predicted octanol–water partition coefficient (Wildman–Crippen LogP) is 10.5. The topological polar surface area (TPSA) is 99.1 Å². The molecular formula is C42H78NO7+. The Morgan fingerprint density at radius 3 is 1.58 bits per heavy atom. The van der Waals surface area contributed by atoms with E-state index in [9.17, 15) is 19.5 Å². The highest BCUT2D eigenvalue weighted by atomic mass is 16.6. The van der Waals surface area contributed by atoms with Gasteiger partial charge in [0.1, 0.15) is 6.61 Å². The maximum Gasteiger partial charge on any atom is 0.362 e. The molecule has 0 radical (unpaired) electrons. The Morgan fingerprint density at radius 2 is 1.06 bits per heavy atom. The Balaban J connectivity index is 4.36. The Kier molecular flexibility index (Phi) is 32.4. The second-order valence-electron chi connectivity index (χ2n) is 14.9. The molecule has 2 atom stereocenters. The van der Waals surface area contributed by atoms with Crippen molar-refractivity contribution in [2.45, 2.75) is 187 Å². The molecule has 0 aliphatic carbocycles. The van der Waals surface area contributed by atoms with Crippen molar-refractivity contribution in [2.75, 3.05) is 41.0 Å². The maximum atomic E-state index is 12.7. The first-order valence-corrected chi connectivity index (χ1v) is 20.4. The summed E-state index contributed by atoms with van der Waals surface area (Å²) < 4.78 is 17.2. The van der Waals surface area contributed by atoms with Crippen LogP contribution >= 0.6 is 0 Å². The van der Waals surface area contributed by atoms with E-state index in [2.05, 4.69) is 38.2 Å². The average Bonchev–Trinajstić information content (AvgIpc) is 3.06. The molecule has 0 aromatic rings. The fraction of sp³-hybridized carbons (Fsp3) is 0.833. The van der Waals surface area contributed by atoms with Crippen LogP contribution in [0.3, 0.4) is 0 Å². The molecule has 0 spiro atoms. The first-order valence-electron chi connectivity index (χ1n) is 20.4. The minimum atomic E-state index is -0.876. The minimum Gasteiger partial charge on any atom is -0.477 e. The molecule has 0 fully saturated rings. The monoisotopic (exact) mass is 709 g/mol. The molecule has 0 aromatic heterocycles. The summed E-state index contributed by atoms with van der Waals surface area (Å²) in [5.41, 5.74) is 0. The van der Waals surface area contributed by atoms with Crippen LogP contribution in [0.25, 0.3) is 0 Å². The van der Waals surface area contributed by atoms with E-state index < -0.39 is 18.1 Å². The van der Waals surface area contributed by atoms with Crippen molar-refractivity contribution in [3.63, 3.8) is 0 Å². The largest absolute Gasteiger partial charge is 0.477 e. The molecule has 0 amide bonds. The van der Waals surface area contributed by atoms with E-state index in [0.29, 0.717) is 19.3 Å². The van der Waals surface area contributed by atoms with Gasteiger partial charge in [0.15, 0.2) is 12.1 Å². The lowest BCUT2D eigenvalue weighted by Gasteiger charge is -2.31. The van der Waals surface area contributed by atoms with Crippen molar-refractivity contribution >= 4 is 17.9 Å². The average molecular weight is 709 g/mol. The zero-order valence-electron chi connectivity index (χ0n) is 33.1. The molecule has 0 heterocycles.